The van der Waals surface area contributed by atoms with Crippen LogP contribution in [0.25, 0.3) is 0 Å². The average molecular weight is 1870 g/mol. The van der Waals surface area contributed by atoms with E-state index in [1.54, 1.807) is 0 Å². The van der Waals surface area contributed by atoms with Gasteiger partial charge in [-0.2, -0.15) is 0 Å². The maximum Gasteiger partial charge on any atom is 3.00 e. The van der Waals surface area contributed by atoms with Gasteiger partial charge in [0, 0.05) is 0 Å². The first-order valence-electron chi connectivity index (χ1n) is 55.6. The topological polar surface area (TPSA) is 190 Å². The summed E-state index contributed by atoms with van der Waals surface area (Å²) >= 11 is 0. The van der Waals surface area contributed by atoms with Crippen LogP contribution in [0.5, 0.6) is 0 Å². The number of hydrogen-bond donors (Lipinski definition) is 0. The van der Waals surface area contributed by atoms with Crippen molar-refractivity contribution in [1.82, 2.24) is 0 Å². The van der Waals surface area contributed by atoms with Crippen LogP contribution in [0.4, 0.5) is 0 Å². The quantitative estimate of drug-likeness (QED) is 0.0324. The average Bonchev–Trinajstić information content (AvgIpc) is 0.908. The molecule has 2 radical (unpaired) electrons. The van der Waals surface area contributed by atoms with Gasteiger partial charge >= 0.3 is 34.1 Å². The van der Waals surface area contributed by atoms with E-state index in [1.807, 2.05) is 0 Å². The molecule has 3 unspecified atom stereocenters. The van der Waals surface area contributed by atoms with E-state index in [-0.39, 0.29) is 34.1 Å². The van der Waals surface area contributed by atoms with Gasteiger partial charge in [0.25, 0.3) is 0 Å². The molecule has 0 bridgehead atoms. The van der Waals surface area contributed by atoms with Gasteiger partial charge in [-0.05, 0) is 55.5 Å². The maximum absolute atomic E-state index is 11.8. The van der Waals surface area contributed by atoms with Crippen molar-refractivity contribution in [3.8, 4) is 0 Å². The van der Waals surface area contributed by atoms with Gasteiger partial charge in [0.05, 0.1) is 0 Å². The van der Waals surface area contributed by atoms with E-state index in [0.717, 1.165) is 77.0 Å². The molecule has 0 spiro atoms. The van der Waals surface area contributed by atoms with E-state index in [9.17, 15) is 43.1 Å². The molecule has 122 heavy (non-hydrogen) atoms. The van der Waals surface area contributed by atoms with Crippen LogP contribution in [0.1, 0.15) is 677 Å². The first kappa shape index (κ1) is 132. The molecular formula is C108H219Fe2O9P3. The number of hydrogen-bond acceptors (Lipinski definition) is 9. The fourth-order valence-electron chi connectivity index (χ4n) is 18.4. The maximum atomic E-state index is 11.8. The van der Waals surface area contributed by atoms with Gasteiger partial charge in [0.2, 0.25) is 0 Å². The largest absolute Gasteiger partial charge is 3.00 e. The Hall–Kier alpha value is 1.49. The zero-order valence-corrected chi connectivity index (χ0v) is 88.4. The summed E-state index contributed by atoms with van der Waals surface area (Å²) in [6, 6.07) is 0. The van der Waals surface area contributed by atoms with Crippen molar-refractivity contribution in [3.05, 3.63) is 0 Å². The molecule has 0 fully saturated rings. The third kappa shape index (κ3) is 114. The molecule has 736 valence electrons. The second kappa shape index (κ2) is 111. The summed E-state index contributed by atoms with van der Waals surface area (Å²) in [7, 11) is -13.4. The van der Waals surface area contributed by atoms with E-state index in [2.05, 4.69) is 41.5 Å². The van der Waals surface area contributed by atoms with Crippen molar-refractivity contribution in [2.45, 2.75) is 694 Å². The molecule has 0 N–H and O–H groups in total. The summed E-state index contributed by atoms with van der Waals surface area (Å²) in [4.78, 5) is 70.6. The van der Waals surface area contributed by atoms with Crippen LogP contribution < -0.4 is 29.4 Å². The van der Waals surface area contributed by atoms with Crippen LogP contribution in [-0.2, 0) is 47.8 Å². The van der Waals surface area contributed by atoms with Gasteiger partial charge in [-0.3, -0.25) is 0 Å². The molecule has 0 rings (SSSR count). The zero-order chi connectivity index (χ0) is 88.2. The smallest absolute Gasteiger partial charge is 0.811 e. The Labute approximate surface area is 788 Å². The summed E-state index contributed by atoms with van der Waals surface area (Å²) in [5, 5.41) is 0. The van der Waals surface area contributed by atoms with Crippen molar-refractivity contribution in [1.29, 1.82) is 0 Å². The van der Waals surface area contributed by atoms with Crippen molar-refractivity contribution < 1.29 is 77.2 Å². The molecule has 0 aromatic carbocycles. The molecule has 0 aliphatic carbocycles. The van der Waals surface area contributed by atoms with E-state index in [0.29, 0.717) is 38.5 Å². The van der Waals surface area contributed by atoms with Crippen molar-refractivity contribution in [2.75, 3.05) is 0 Å². The summed E-state index contributed by atoms with van der Waals surface area (Å²) < 4.78 is 35.3. The molecule has 0 aromatic rings. The third-order valence-electron chi connectivity index (χ3n) is 26.9. The Balaban J connectivity index is -0.000000556. The van der Waals surface area contributed by atoms with E-state index >= 15 is 0 Å². The van der Waals surface area contributed by atoms with Gasteiger partial charge in [0.1, 0.15) is 0 Å². The first-order chi connectivity index (χ1) is 58.6. The zero-order valence-electron chi connectivity index (χ0n) is 83.5. The van der Waals surface area contributed by atoms with Crippen LogP contribution in [0.3, 0.4) is 0 Å². The summed E-state index contributed by atoms with van der Waals surface area (Å²) in [5.74, 6) is 0. The molecule has 0 heterocycles. The molecular weight excluding hydrogens is 1650 g/mol. The second-order valence-corrected chi connectivity index (χ2v) is 44.5. The molecule has 9 nitrogen and oxygen atoms in total. The van der Waals surface area contributed by atoms with Gasteiger partial charge in [-0.15, -0.1) is 0 Å². The van der Waals surface area contributed by atoms with Gasteiger partial charge in [-0.25, -0.2) is 0 Å². The molecule has 0 aliphatic rings. The molecule has 3 atom stereocenters. The van der Waals surface area contributed by atoms with Crippen LogP contribution >= 0.6 is 22.8 Å². The predicted octanol–water partition coefficient (Wildman–Crippen LogP) is 36.5. The summed E-state index contributed by atoms with van der Waals surface area (Å²) in [6.45, 7) is 13.7. The van der Waals surface area contributed by atoms with Gasteiger partial charge in [0.15, 0.2) is 0 Å². The molecule has 0 saturated heterocycles. The van der Waals surface area contributed by atoms with Crippen molar-refractivity contribution >= 4 is 22.8 Å². The molecule has 0 saturated carbocycles. The normalized spacial score (nSPS) is 12.6. The number of rotatable bonds is 102. The second-order valence-electron chi connectivity index (χ2n) is 39.1. The molecule has 0 aromatic heterocycles. The Bertz CT molecular complexity index is 1790. The van der Waals surface area contributed by atoms with E-state index in [1.165, 1.54) is 520 Å². The standard InChI is InChI=1S/3C36H75O3P.2Fe/c3*1-3-5-7-9-11-13-15-17-19-21-23-25-27-29-31-33-35-36(40(37,38)39)34-32-30-28-26-24-22-20-18-16-14-12-10-8-6-4-2;;/h3*36H,3-35H2,1-2H3,(H2,37,38,39);;/q;;;2*+3/p-6. The monoisotopic (exact) mass is 1870 g/mol. The number of unbranched alkanes of at least 4 members (excludes halogenated alkanes) is 87. The van der Waals surface area contributed by atoms with E-state index in [4.69, 9.17) is 0 Å². The van der Waals surface area contributed by atoms with E-state index < -0.39 is 39.8 Å². The van der Waals surface area contributed by atoms with Gasteiger partial charge < -0.3 is 43.1 Å². The minimum atomic E-state index is -4.45. The van der Waals surface area contributed by atoms with Crippen molar-refractivity contribution in [2.24, 2.45) is 0 Å². The van der Waals surface area contributed by atoms with Crippen molar-refractivity contribution in [3.63, 3.8) is 0 Å². The van der Waals surface area contributed by atoms with Crippen LogP contribution in [0, 0.1) is 0 Å². The summed E-state index contributed by atoms with van der Waals surface area (Å²) in [6.07, 6.45) is 126. The fourth-order valence-corrected chi connectivity index (χ4v) is 21.4. The Morgan fingerprint density at radius 2 is 0.180 bits per heavy atom. The Kier molecular flexibility index (Phi) is 120. The van der Waals surface area contributed by atoms with Gasteiger partial charge in [-0.1, -0.05) is 661 Å². The fraction of sp³-hybridized carbons (Fsp3) is 1.00. The Morgan fingerprint density at radius 1 is 0.123 bits per heavy atom. The summed E-state index contributed by atoms with van der Waals surface area (Å²) in [5.41, 5.74) is -1.87. The van der Waals surface area contributed by atoms with Crippen LogP contribution in [0.15, 0.2) is 0 Å². The first-order valence-corrected chi connectivity index (χ1v) is 60.4. The minimum Gasteiger partial charge on any atom is -0.811 e. The Morgan fingerprint density at radius 3 is 0.238 bits per heavy atom. The third-order valence-corrected chi connectivity index (χ3v) is 31.2. The SMILES string of the molecule is CCCCCCCCCCCCCCCCCCC(CCCCCCCCCCCCCCCCC)P(=O)([O-])[O-].CCCCCCCCCCCCCCCCCCC(CCCCCCCCCCCCCCCCC)P(=O)([O-])[O-].CCCCCCCCCCCCCCCCCCC(CCCCCCCCCCCCCCCCC)P(=O)([O-])[O-].[Fe+3].[Fe+3]. The van der Waals surface area contributed by atoms with Crippen LogP contribution in [-0.4, -0.2) is 17.0 Å². The molecule has 14 heteroatoms. The molecule has 0 aliphatic heterocycles. The predicted molar refractivity (Wildman–Crippen MR) is 525 cm³/mol. The minimum absolute atomic E-state index is 0. The van der Waals surface area contributed by atoms with Crippen LogP contribution in [0.2, 0.25) is 0 Å². The molecule has 0 amide bonds.